The summed E-state index contributed by atoms with van der Waals surface area (Å²) in [5.74, 6) is 0.0543. The molecular formula is C34H36N4OS. The molecule has 0 saturated carbocycles. The number of nitrogens with zero attached hydrogens (tertiary/aromatic N) is 4. The van der Waals surface area contributed by atoms with Crippen LogP contribution in [0, 0.1) is 34.0 Å². The van der Waals surface area contributed by atoms with Crippen molar-refractivity contribution in [3.63, 3.8) is 0 Å². The molecule has 3 rings (SSSR count). The Hall–Kier alpha value is -4.31. The van der Waals surface area contributed by atoms with Crippen molar-refractivity contribution in [2.75, 3.05) is 18.0 Å². The van der Waals surface area contributed by atoms with Crippen LogP contribution < -0.4 is 4.90 Å². The highest BCUT2D eigenvalue weighted by atomic mass is 32.1. The van der Waals surface area contributed by atoms with Gasteiger partial charge in [0.15, 0.2) is 11.3 Å². The van der Waals surface area contributed by atoms with E-state index in [0.29, 0.717) is 5.57 Å². The Morgan fingerprint density at radius 3 is 2.02 bits per heavy atom. The number of rotatable bonds is 12. The average Bonchev–Trinajstić information content (AvgIpc) is 3.51. The second-order valence-corrected chi connectivity index (χ2v) is 11.2. The Labute approximate surface area is 242 Å². The normalized spacial score (nSPS) is 14.5. The van der Waals surface area contributed by atoms with Crippen LogP contribution in [0.2, 0.25) is 0 Å². The van der Waals surface area contributed by atoms with Crippen LogP contribution in [0.5, 0.6) is 0 Å². The van der Waals surface area contributed by atoms with Gasteiger partial charge in [0.1, 0.15) is 29.4 Å². The van der Waals surface area contributed by atoms with E-state index in [0.717, 1.165) is 22.8 Å². The molecule has 40 heavy (non-hydrogen) atoms. The van der Waals surface area contributed by atoms with E-state index in [4.69, 9.17) is 4.74 Å². The van der Waals surface area contributed by atoms with Crippen molar-refractivity contribution in [1.29, 1.82) is 15.8 Å². The molecule has 0 atom stereocenters. The van der Waals surface area contributed by atoms with Crippen molar-refractivity contribution in [3.05, 3.63) is 92.4 Å². The lowest BCUT2D eigenvalue weighted by Crippen LogP contribution is -2.25. The van der Waals surface area contributed by atoms with Crippen LogP contribution in [0.15, 0.2) is 77.1 Å². The van der Waals surface area contributed by atoms with Crippen LogP contribution >= 0.6 is 11.3 Å². The molecule has 0 unspecified atom stereocenters. The molecule has 2 heterocycles. The first kappa shape index (κ1) is 30.2. The number of benzene rings is 1. The smallest absolute Gasteiger partial charge is 0.172 e. The van der Waals surface area contributed by atoms with E-state index in [9.17, 15) is 15.8 Å². The molecule has 0 N–H and O–H groups in total. The van der Waals surface area contributed by atoms with Crippen LogP contribution in [0.25, 0.3) is 18.2 Å². The van der Waals surface area contributed by atoms with Gasteiger partial charge in [-0.3, -0.25) is 0 Å². The number of anilines is 1. The topological polar surface area (TPSA) is 83.8 Å². The second-order valence-electron chi connectivity index (χ2n) is 10.0. The summed E-state index contributed by atoms with van der Waals surface area (Å²) in [6.07, 6.45) is 16.9. The molecule has 0 fully saturated rings. The minimum Gasteiger partial charge on any atom is -0.480 e. The second kappa shape index (κ2) is 14.7. The highest BCUT2D eigenvalue weighted by Crippen LogP contribution is 2.40. The lowest BCUT2D eigenvalue weighted by molar-refractivity contribution is 0.0954. The average molecular weight is 549 g/mol. The van der Waals surface area contributed by atoms with Gasteiger partial charge in [-0.1, -0.05) is 63.1 Å². The Morgan fingerprint density at radius 1 is 0.850 bits per heavy atom. The molecule has 204 valence electrons. The summed E-state index contributed by atoms with van der Waals surface area (Å²) in [5, 5.41) is 28.2. The Balaban J connectivity index is 1.66. The van der Waals surface area contributed by atoms with Crippen molar-refractivity contribution in [2.45, 2.75) is 59.0 Å². The van der Waals surface area contributed by atoms with Crippen molar-refractivity contribution < 1.29 is 4.74 Å². The quantitative estimate of drug-likeness (QED) is 0.195. The van der Waals surface area contributed by atoms with Crippen molar-refractivity contribution in [1.82, 2.24) is 0 Å². The van der Waals surface area contributed by atoms with E-state index in [2.05, 4.69) is 73.4 Å². The molecule has 1 aromatic carbocycles. The zero-order valence-electron chi connectivity index (χ0n) is 23.8. The van der Waals surface area contributed by atoms with Crippen LogP contribution in [0.3, 0.4) is 0 Å². The number of hydrogen-bond acceptors (Lipinski definition) is 6. The van der Waals surface area contributed by atoms with E-state index in [-0.39, 0.29) is 16.9 Å². The summed E-state index contributed by atoms with van der Waals surface area (Å²) in [7, 11) is 0. The maximum atomic E-state index is 9.69. The van der Waals surface area contributed by atoms with Gasteiger partial charge in [0.25, 0.3) is 0 Å². The summed E-state index contributed by atoms with van der Waals surface area (Å²) in [4.78, 5) is 4.62. The molecule has 0 saturated heterocycles. The molecule has 0 amide bonds. The zero-order valence-corrected chi connectivity index (χ0v) is 24.6. The summed E-state index contributed by atoms with van der Waals surface area (Å²) in [6.45, 7) is 10.3. The monoisotopic (exact) mass is 548 g/mol. The molecule has 6 heteroatoms. The molecular weight excluding hydrogens is 512 g/mol. The molecule has 0 radical (unpaired) electrons. The number of thiophene rings is 1. The SMILES string of the molecule is CCCCN(CCCC)c1ccc(/C=C/C=C/c2ccc(/C=C/C3=C(C#N)C(=C(C#N)C#N)OC3(C)C)s2)cc1. The van der Waals surface area contributed by atoms with E-state index in [1.807, 2.05) is 50.3 Å². The third kappa shape index (κ3) is 7.86. The highest BCUT2D eigenvalue weighted by Gasteiger charge is 2.38. The Morgan fingerprint density at radius 2 is 1.45 bits per heavy atom. The molecule has 5 nitrogen and oxygen atoms in total. The fraction of sp³-hybridized carbons (Fsp3) is 0.324. The van der Waals surface area contributed by atoms with Crippen LogP contribution in [-0.2, 0) is 4.74 Å². The summed E-state index contributed by atoms with van der Waals surface area (Å²) < 4.78 is 5.82. The molecule has 1 aliphatic heterocycles. The molecule has 1 aromatic heterocycles. The van der Waals surface area contributed by atoms with Gasteiger partial charge in [-0.25, -0.2) is 0 Å². The first-order chi connectivity index (χ1) is 19.4. The molecule has 0 aliphatic carbocycles. The number of nitriles is 3. The van der Waals surface area contributed by atoms with Crippen molar-refractivity contribution >= 4 is 35.3 Å². The fourth-order valence-corrected chi connectivity index (χ4v) is 5.20. The van der Waals surface area contributed by atoms with E-state index in [1.54, 1.807) is 11.3 Å². The van der Waals surface area contributed by atoms with Crippen molar-refractivity contribution in [3.8, 4) is 18.2 Å². The van der Waals surface area contributed by atoms with Crippen LogP contribution in [0.4, 0.5) is 5.69 Å². The molecule has 2 aromatic rings. The number of ether oxygens (including phenoxy) is 1. The lowest BCUT2D eigenvalue weighted by Gasteiger charge is -2.24. The van der Waals surface area contributed by atoms with E-state index in [1.165, 1.54) is 36.9 Å². The Kier molecular flexibility index (Phi) is 11.1. The van der Waals surface area contributed by atoms with Gasteiger partial charge in [-0.2, -0.15) is 15.8 Å². The first-order valence-corrected chi connectivity index (χ1v) is 14.5. The summed E-state index contributed by atoms with van der Waals surface area (Å²) >= 11 is 1.63. The third-order valence-corrected chi connectivity index (χ3v) is 7.62. The predicted molar refractivity (Wildman–Crippen MR) is 166 cm³/mol. The van der Waals surface area contributed by atoms with Gasteiger partial charge in [0.2, 0.25) is 0 Å². The Bertz CT molecular complexity index is 1420. The van der Waals surface area contributed by atoms with Gasteiger partial charge in [0.05, 0.1) is 0 Å². The maximum Gasteiger partial charge on any atom is 0.172 e. The van der Waals surface area contributed by atoms with Crippen LogP contribution in [-0.4, -0.2) is 18.7 Å². The summed E-state index contributed by atoms with van der Waals surface area (Å²) in [6, 6.07) is 18.6. The zero-order chi connectivity index (χ0) is 29.0. The first-order valence-electron chi connectivity index (χ1n) is 13.7. The molecule has 0 bridgehead atoms. The molecule has 1 aliphatic rings. The van der Waals surface area contributed by atoms with Gasteiger partial charge < -0.3 is 9.64 Å². The molecule has 0 spiro atoms. The van der Waals surface area contributed by atoms with E-state index >= 15 is 0 Å². The lowest BCUT2D eigenvalue weighted by atomic mass is 9.94. The van der Waals surface area contributed by atoms with Gasteiger partial charge in [0, 0.05) is 34.1 Å². The van der Waals surface area contributed by atoms with E-state index < -0.39 is 5.60 Å². The minimum absolute atomic E-state index is 0.0543. The largest absolute Gasteiger partial charge is 0.480 e. The number of allylic oxidation sites excluding steroid dienone is 4. The van der Waals surface area contributed by atoms with Crippen molar-refractivity contribution in [2.24, 2.45) is 0 Å². The van der Waals surface area contributed by atoms with Gasteiger partial charge in [-0.15, -0.1) is 11.3 Å². The third-order valence-electron chi connectivity index (χ3n) is 6.61. The van der Waals surface area contributed by atoms with Gasteiger partial charge in [-0.05, 0) is 68.7 Å². The van der Waals surface area contributed by atoms with Gasteiger partial charge >= 0.3 is 0 Å². The highest BCUT2D eigenvalue weighted by molar-refractivity contribution is 7.13. The maximum absolute atomic E-state index is 9.69. The van der Waals surface area contributed by atoms with Crippen LogP contribution in [0.1, 0.15) is 68.7 Å². The predicted octanol–water partition coefficient (Wildman–Crippen LogP) is 8.82. The minimum atomic E-state index is -0.817. The summed E-state index contributed by atoms with van der Waals surface area (Å²) in [5.41, 5.74) is 2.32. The number of unbranched alkanes of at least 4 members (excludes halogenated alkanes) is 2. The number of hydrogen-bond donors (Lipinski definition) is 0. The standard InChI is InChI=1S/C34H36N4OS/c1-5-7-21-38(22-8-6-2)28-15-13-26(14-16-28)11-9-10-12-29-17-18-30(40-29)19-20-32-31(25-37)33(27(23-35)24-36)39-34(32,3)4/h9-20H,5-8,21-22H2,1-4H3/b11-9+,12-10+,20-19+. The fourth-order valence-electron chi connectivity index (χ4n) is 4.38.